The first-order chi connectivity index (χ1) is 2.27. The molecule has 0 spiro atoms. The van der Waals surface area contributed by atoms with Gasteiger partial charge in [-0.2, -0.15) is 0 Å². The van der Waals surface area contributed by atoms with Crippen LogP contribution in [0, 0.1) is 0 Å². The lowest BCUT2D eigenvalue weighted by molar-refractivity contribution is 0.990. The van der Waals surface area contributed by atoms with Gasteiger partial charge in [0.25, 0.3) is 0 Å². The van der Waals surface area contributed by atoms with Crippen molar-refractivity contribution in [1.82, 2.24) is 4.23 Å². The summed E-state index contributed by atoms with van der Waals surface area (Å²) < 4.78 is 2.17. The number of hydrogen-bond donors (Lipinski definition) is 0. The van der Waals surface area contributed by atoms with Crippen molar-refractivity contribution in [2.45, 2.75) is 0 Å². The zero-order chi connectivity index (χ0) is 4.28. The molecule has 3 heteroatoms. The highest BCUT2D eigenvalue weighted by Crippen LogP contribution is 1.60. The van der Waals surface area contributed by atoms with Gasteiger partial charge in [-0.25, -0.2) is 0 Å². The van der Waals surface area contributed by atoms with E-state index >= 15 is 0 Å². The van der Waals surface area contributed by atoms with E-state index in [9.17, 15) is 0 Å². The predicted molar refractivity (Wildman–Crippen MR) is 31.9 cm³/mol. The molecule has 0 amide bonds. The molecule has 0 rings (SSSR count). The number of hydrogen-bond acceptors (Lipinski definition) is 1. The van der Waals surface area contributed by atoms with Gasteiger partial charge in [0.05, 0.1) is 20.8 Å². The van der Waals surface area contributed by atoms with E-state index in [1.807, 2.05) is 6.20 Å². The van der Waals surface area contributed by atoms with Crippen molar-refractivity contribution in [1.29, 1.82) is 0 Å². The van der Waals surface area contributed by atoms with E-state index in [2.05, 4.69) is 10.8 Å². The van der Waals surface area contributed by atoms with E-state index < -0.39 is 0 Å². The molecule has 0 saturated carbocycles. The zero-order valence-electron chi connectivity index (χ0n) is 3.73. The van der Waals surface area contributed by atoms with Gasteiger partial charge in [0, 0.05) is 0 Å². The SMILES string of the molecule is C=CN([SiH3])[SiH3]. The van der Waals surface area contributed by atoms with Crippen molar-refractivity contribution in [3.8, 4) is 0 Å². The Morgan fingerprint density at radius 3 is 1.80 bits per heavy atom. The van der Waals surface area contributed by atoms with Crippen LogP contribution in [0.15, 0.2) is 12.8 Å². The van der Waals surface area contributed by atoms with E-state index in [1.165, 1.54) is 0 Å². The smallest absolute Gasteiger partial charge is 0.0959 e. The van der Waals surface area contributed by atoms with Crippen LogP contribution in [0.25, 0.3) is 0 Å². The molecule has 0 aliphatic heterocycles. The Morgan fingerprint density at radius 1 is 1.60 bits per heavy atom. The summed E-state index contributed by atoms with van der Waals surface area (Å²) in [6.07, 6.45) is 1.87. The molecule has 0 bridgehead atoms. The maximum Gasteiger partial charge on any atom is 0.0959 e. The molecule has 0 aromatic rings. The van der Waals surface area contributed by atoms with Crippen LogP contribution >= 0.6 is 0 Å². The van der Waals surface area contributed by atoms with Crippen LogP contribution in [0.5, 0.6) is 0 Å². The molecule has 0 aliphatic rings. The highest BCUT2D eigenvalue weighted by atomic mass is 28.2. The van der Waals surface area contributed by atoms with Crippen molar-refractivity contribution in [3.05, 3.63) is 12.8 Å². The van der Waals surface area contributed by atoms with E-state index in [1.54, 1.807) is 0 Å². The van der Waals surface area contributed by atoms with Crippen LogP contribution < -0.4 is 0 Å². The molecule has 0 saturated heterocycles. The maximum absolute atomic E-state index is 3.56. The molecule has 0 N–H and O–H groups in total. The second-order valence-electron chi connectivity index (χ2n) is 1.15. The van der Waals surface area contributed by atoms with Crippen molar-refractivity contribution >= 4 is 20.8 Å². The molecule has 0 unspecified atom stereocenters. The van der Waals surface area contributed by atoms with E-state index in [0.29, 0.717) is 0 Å². The molecule has 0 radical (unpaired) electrons. The molecule has 1 nitrogen and oxygen atoms in total. The first-order valence-corrected chi connectivity index (χ1v) is 3.35. The lowest BCUT2D eigenvalue weighted by atomic mass is 11.1. The van der Waals surface area contributed by atoms with E-state index in [4.69, 9.17) is 0 Å². The van der Waals surface area contributed by atoms with Crippen LogP contribution in [-0.4, -0.2) is 25.0 Å². The summed E-state index contributed by atoms with van der Waals surface area (Å²) in [6, 6.07) is 0. The lowest BCUT2D eigenvalue weighted by Gasteiger charge is -1.99. The van der Waals surface area contributed by atoms with Crippen LogP contribution in [0.3, 0.4) is 0 Å². The van der Waals surface area contributed by atoms with Gasteiger partial charge in [-0.15, -0.1) is 0 Å². The average Bonchev–Trinajstić information content (AvgIpc) is 1.38. The van der Waals surface area contributed by atoms with Gasteiger partial charge in [-0.1, -0.05) is 6.58 Å². The van der Waals surface area contributed by atoms with Gasteiger partial charge >= 0.3 is 0 Å². The minimum atomic E-state index is 1.15. The standard InChI is InChI=1S/C2H9NSi2/c1-2-3(4)5/h2H,1H2,4-5H3. The van der Waals surface area contributed by atoms with Gasteiger partial charge in [0.2, 0.25) is 0 Å². The average molecular weight is 103 g/mol. The molecule has 0 aromatic heterocycles. The minimum absolute atomic E-state index is 1.15. The highest BCUT2D eigenvalue weighted by molar-refractivity contribution is 6.25. The third-order valence-corrected chi connectivity index (χ3v) is 1.10. The first kappa shape index (κ1) is 4.97. The molecule has 30 valence electrons. The van der Waals surface area contributed by atoms with Crippen molar-refractivity contribution in [2.24, 2.45) is 0 Å². The number of rotatable bonds is 1. The van der Waals surface area contributed by atoms with Gasteiger partial charge in [0.1, 0.15) is 0 Å². The van der Waals surface area contributed by atoms with Crippen molar-refractivity contribution < 1.29 is 0 Å². The van der Waals surface area contributed by atoms with Crippen LogP contribution in [0.4, 0.5) is 0 Å². The van der Waals surface area contributed by atoms with Crippen molar-refractivity contribution in [3.63, 3.8) is 0 Å². The summed E-state index contributed by atoms with van der Waals surface area (Å²) in [5.41, 5.74) is 0. The van der Waals surface area contributed by atoms with E-state index in [0.717, 1.165) is 20.8 Å². The molecule has 0 fully saturated rings. The first-order valence-electron chi connectivity index (χ1n) is 1.56. The normalized spacial score (nSPS) is 8.00. The third kappa shape index (κ3) is 3.97. The van der Waals surface area contributed by atoms with Gasteiger partial charge in [-0.05, 0) is 6.20 Å². The summed E-state index contributed by atoms with van der Waals surface area (Å²) in [6.45, 7) is 3.56. The Balaban J connectivity index is 2.83. The summed E-state index contributed by atoms with van der Waals surface area (Å²) in [5, 5.41) is 0. The molecular weight excluding hydrogens is 94.2 g/mol. The summed E-state index contributed by atoms with van der Waals surface area (Å²) in [4.78, 5) is 0. The molecule has 0 aliphatic carbocycles. The maximum atomic E-state index is 3.56. The molecule has 0 atom stereocenters. The summed E-state index contributed by atoms with van der Waals surface area (Å²) in [7, 11) is 2.29. The summed E-state index contributed by atoms with van der Waals surface area (Å²) >= 11 is 0. The Kier molecular flexibility index (Phi) is 2.21. The van der Waals surface area contributed by atoms with Gasteiger partial charge in [0.15, 0.2) is 0 Å². The fraction of sp³-hybridized carbons (Fsp3) is 0. The topological polar surface area (TPSA) is 3.24 Å². The fourth-order valence-electron chi connectivity index (χ4n) is 0. The zero-order valence-corrected chi connectivity index (χ0v) is 7.73. The second kappa shape index (κ2) is 2.23. The quantitative estimate of drug-likeness (QED) is 0.347. The Bertz CT molecular complexity index is 34.6. The lowest BCUT2D eigenvalue weighted by Crippen LogP contribution is -2.04. The summed E-state index contributed by atoms with van der Waals surface area (Å²) in [5.74, 6) is 0. The third-order valence-electron chi connectivity index (χ3n) is 0.365. The largest absolute Gasteiger partial charge is 0.445 e. The minimum Gasteiger partial charge on any atom is -0.445 e. The fourth-order valence-corrected chi connectivity index (χ4v) is 0. The molecule has 5 heavy (non-hydrogen) atoms. The Hall–Kier alpha value is -0.0262. The van der Waals surface area contributed by atoms with Crippen molar-refractivity contribution in [2.75, 3.05) is 0 Å². The second-order valence-corrected chi connectivity index (χ2v) is 5.76. The van der Waals surface area contributed by atoms with Gasteiger partial charge in [-0.3, -0.25) is 0 Å². The molecule has 0 aromatic carbocycles. The van der Waals surface area contributed by atoms with Crippen LogP contribution in [-0.2, 0) is 0 Å². The van der Waals surface area contributed by atoms with Gasteiger partial charge < -0.3 is 4.23 Å². The molecular formula is C2H9NSi2. The predicted octanol–water partition coefficient (Wildman–Crippen LogP) is -2.01. The highest BCUT2D eigenvalue weighted by Gasteiger charge is 1.62. The molecule has 0 heterocycles. The Labute approximate surface area is 38.7 Å². The van der Waals surface area contributed by atoms with E-state index in [-0.39, 0.29) is 0 Å². The number of nitrogens with zero attached hydrogens (tertiary/aromatic N) is 1. The Morgan fingerprint density at radius 2 is 1.80 bits per heavy atom. The monoisotopic (exact) mass is 103 g/mol. The van der Waals surface area contributed by atoms with Crippen LogP contribution in [0.1, 0.15) is 0 Å². The van der Waals surface area contributed by atoms with Crippen LogP contribution in [0.2, 0.25) is 0 Å².